The van der Waals surface area contributed by atoms with E-state index >= 15 is 0 Å². The van der Waals surface area contributed by atoms with Crippen molar-refractivity contribution in [2.75, 3.05) is 5.32 Å². The first-order chi connectivity index (χ1) is 12.2. The van der Waals surface area contributed by atoms with Crippen molar-refractivity contribution in [2.24, 2.45) is 0 Å². The fourth-order valence-corrected chi connectivity index (χ4v) is 2.77. The molecule has 0 aliphatic carbocycles. The number of nitrogens with one attached hydrogen (secondary N) is 2. The highest BCUT2D eigenvalue weighted by Crippen LogP contribution is 2.33. The van der Waals surface area contributed by atoms with E-state index in [9.17, 15) is 4.79 Å². The van der Waals surface area contributed by atoms with Crippen LogP contribution in [0.3, 0.4) is 0 Å². The summed E-state index contributed by atoms with van der Waals surface area (Å²) >= 11 is 0. The van der Waals surface area contributed by atoms with Crippen LogP contribution in [0.2, 0.25) is 0 Å². The highest BCUT2D eigenvalue weighted by molar-refractivity contribution is 5.95. The third-order valence-corrected chi connectivity index (χ3v) is 4.06. The maximum absolute atomic E-state index is 12.6. The van der Waals surface area contributed by atoms with Gasteiger partial charge in [0.15, 0.2) is 11.5 Å². The van der Waals surface area contributed by atoms with Crippen molar-refractivity contribution in [1.82, 2.24) is 10.2 Å². The van der Waals surface area contributed by atoms with Crippen molar-refractivity contribution >= 4 is 11.6 Å². The molecule has 1 amide bonds. The first kappa shape index (κ1) is 15.3. The molecule has 2 atom stereocenters. The molecule has 3 aromatic rings. The number of anilines is 1. The molecule has 0 radical (unpaired) electrons. The molecule has 1 aromatic heterocycles. The fraction of sp³-hybridized carbons (Fsp3) is 0.158. The highest BCUT2D eigenvalue weighted by atomic mass is 16.6. The van der Waals surface area contributed by atoms with E-state index in [0.717, 1.165) is 11.3 Å². The molecule has 2 N–H and O–H groups in total. The summed E-state index contributed by atoms with van der Waals surface area (Å²) in [6.45, 7) is 1.82. The third-order valence-electron chi connectivity index (χ3n) is 4.06. The molecular formula is C19H17N3O3. The van der Waals surface area contributed by atoms with Crippen molar-refractivity contribution in [2.45, 2.75) is 19.1 Å². The molecule has 1 aliphatic rings. The summed E-state index contributed by atoms with van der Waals surface area (Å²) in [6, 6.07) is 16.7. The number of carbonyl (C=O) groups is 1. The second-order valence-electron chi connectivity index (χ2n) is 5.85. The Morgan fingerprint density at radius 3 is 2.44 bits per heavy atom. The maximum Gasteiger partial charge on any atom is 0.269 e. The number of hydrogen-bond acceptors (Lipinski definition) is 4. The smallest absolute Gasteiger partial charge is 0.269 e. The summed E-state index contributed by atoms with van der Waals surface area (Å²) in [5.74, 6) is 0.995. The highest BCUT2D eigenvalue weighted by Gasteiger charge is 2.34. The first-order valence-electron chi connectivity index (χ1n) is 8.04. The van der Waals surface area contributed by atoms with Crippen molar-refractivity contribution in [3.63, 3.8) is 0 Å². The Bertz CT molecular complexity index is 875. The lowest BCUT2D eigenvalue weighted by Gasteiger charge is -2.31. The Kier molecular flexibility index (Phi) is 3.85. The van der Waals surface area contributed by atoms with Crippen LogP contribution in [0.4, 0.5) is 5.69 Å². The predicted molar refractivity (Wildman–Crippen MR) is 93.6 cm³/mol. The van der Waals surface area contributed by atoms with Gasteiger partial charge in [0.05, 0.1) is 5.69 Å². The van der Waals surface area contributed by atoms with Gasteiger partial charge in [-0.2, -0.15) is 5.10 Å². The van der Waals surface area contributed by atoms with Crippen LogP contribution in [0.1, 0.15) is 6.92 Å². The molecule has 6 nitrogen and oxygen atoms in total. The van der Waals surface area contributed by atoms with E-state index in [1.807, 2.05) is 55.5 Å². The van der Waals surface area contributed by atoms with E-state index in [1.54, 1.807) is 12.3 Å². The zero-order valence-electron chi connectivity index (χ0n) is 13.6. The number of amides is 1. The molecule has 0 saturated carbocycles. The predicted octanol–water partition coefficient (Wildman–Crippen LogP) is 3.24. The van der Waals surface area contributed by atoms with Crippen molar-refractivity contribution in [3.05, 3.63) is 60.8 Å². The molecule has 6 heteroatoms. The monoisotopic (exact) mass is 335 g/mol. The number of benzene rings is 2. The summed E-state index contributed by atoms with van der Waals surface area (Å²) in [5, 5.41) is 9.71. The zero-order chi connectivity index (χ0) is 17.2. The van der Waals surface area contributed by atoms with Crippen LogP contribution in [0.25, 0.3) is 11.3 Å². The minimum atomic E-state index is -0.706. The number of nitrogens with zero attached hydrogens (tertiary/aromatic N) is 1. The molecular weight excluding hydrogens is 318 g/mol. The van der Waals surface area contributed by atoms with Gasteiger partial charge < -0.3 is 14.8 Å². The average Bonchev–Trinajstić information content (AvgIpc) is 3.16. The number of aromatic nitrogens is 2. The largest absolute Gasteiger partial charge is 0.482 e. The lowest BCUT2D eigenvalue weighted by molar-refractivity contribution is -0.128. The summed E-state index contributed by atoms with van der Waals surface area (Å²) in [6.07, 6.45) is 0.617. The molecule has 0 spiro atoms. The number of fused-ring (bicyclic) bond motifs is 1. The molecule has 0 saturated heterocycles. The number of carbonyl (C=O) groups excluding carboxylic acids is 1. The van der Waals surface area contributed by atoms with Crippen LogP contribution in [0, 0.1) is 0 Å². The van der Waals surface area contributed by atoms with Crippen LogP contribution in [-0.2, 0) is 4.79 Å². The number of ether oxygens (including phenoxy) is 2. The number of rotatable bonds is 3. The standard InChI is InChI=1S/C19H17N3O3/c1-12-18(25-17-5-3-2-4-16(17)24-12)19(23)21-14-8-6-13(7-9-14)15-10-11-20-22-15/h2-12,18H,1H3,(H,20,22)(H,21,23). The van der Waals surface area contributed by atoms with E-state index in [2.05, 4.69) is 15.5 Å². The van der Waals surface area contributed by atoms with Gasteiger partial charge in [-0.05, 0) is 42.8 Å². The Balaban J connectivity index is 1.47. The molecule has 2 heterocycles. The minimum Gasteiger partial charge on any atom is -0.482 e. The molecule has 126 valence electrons. The third kappa shape index (κ3) is 3.06. The minimum absolute atomic E-state index is 0.240. The summed E-state index contributed by atoms with van der Waals surface area (Å²) in [5.41, 5.74) is 2.62. The zero-order valence-corrected chi connectivity index (χ0v) is 13.6. The SMILES string of the molecule is CC1Oc2ccccc2OC1C(=O)Nc1ccc(-c2ccn[nH]2)cc1. The molecule has 2 aromatic carbocycles. The van der Waals surface area contributed by atoms with E-state index in [1.165, 1.54) is 0 Å². The Morgan fingerprint density at radius 2 is 1.76 bits per heavy atom. The van der Waals surface area contributed by atoms with E-state index in [4.69, 9.17) is 9.47 Å². The van der Waals surface area contributed by atoms with Crippen LogP contribution >= 0.6 is 0 Å². The van der Waals surface area contributed by atoms with Crippen molar-refractivity contribution in [3.8, 4) is 22.8 Å². The summed E-state index contributed by atoms with van der Waals surface area (Å²) < 4.78 is 11.6. The van der Waals surface area contributed by atoms with Gasteiger partial charge in [0.1, 0.15) is 6.10 Å². The quantitative estimate of drug-likeness (QED) is 0.770. The van der Waals surface area contributed by atoms with E-state index < -0.39 is 6.10 Å². The van der Waals surface area contributed by atoms with Gasteiger partial charge in [0.25, 0.3) is 5.91 Å². The van der Waals surface area contributed by atoms with Crippen molar-refractivity contribution < 1.29 is 14.3 Å². The number of para-hydroxylation sites is 2. The van der Waals surface area contributed by atoms with Crippen LogP contribution in [0.5, 0.6) is 11.5 Å². The molecule has 0 bridgehead atoms. The second-order valence-corrected chi connectivity index (χ2v) is 5.85. The summed E-state index contributed by atoms with van der Waals surface area (Å²) in [4.78, 5) is 12.6. The Hall–Kier alpha value is -3.28. The molecule has 2 unspecified atom stereocenters. The Labute approximate surface area is 144 Å². The van der Waals surface area contributed by atoms with Crippen LogP contribution in [-0.4, -0.2) is 28.3 Å². The topological polar surface area (TPSA) is 76.2 Å². The van der Waals surface area contributed by atoms with Gasteiger partial charge in [-0.1, -0.05) is 24.3 Å². The van der Waals surface area contributed by atoms with Gasteiger partial charge >= 0.3 is 0 Å². The lowest BCUT2D eigenvalue weighted by atomic mass is 10.1. The van der Waals surface area contributed by atoms with Gasteiger partial charge in [-0.25, -0.2) is 0 Å². The van der Waals surface area contributed by atoms with Gasteiger partial charge in [-0.3, -0.25) is 9.89 Å². The van der Waals surface area contributed by atoms with Crippen molar-refractivity contribution in [1.29, 1.82) is 0 Å². The van der Waals surface area contributed by atoms with Crippen LogP contribution in [0.15, 0.2) is 60.8 Å². The van der Waals surface area contributed by atoms with Gasteiger partial charge in [-0.15, -0.1) is 0 Å². The molecule has 0 fully saturated rings. The fourth-order valence-electron chi connectivity index (χ4n) is 2.77. The van der Waals surface area contributed by atoms with Gasteiger partial charge in [0.2, 0.25) is 6.10 Å². The van der Waals surface area contributed by atoms with E-state index in [0.29, 0.717) is 17.2 Å². The first-order valence-corrected chi connectivity index (χ1v) is 8.04. The van der Waals surface area contributed by atoms with Crippen LogP contribution < -0.4 is 14.8 Å². The summed E-state index contributed by atoms with van der Waals surface area (Å²) in [7, 11) is 0. The maximum atomic E-state index is 12.6. The molecule has 1 aliphatic heterocycles. The molecule has 4 rings (SSSR count). The normalized spacial score (nSPS) is 18.6. The lowest BCUT2D eigenvalue weighted by Crippen LogP contribution is -2.46. The Morgan fingerprint density at radius 1 is 1.04 bits per heavy atom. The number of hydrogen-bond donors (Lipinski definition) is 2. The van der Waals surface area contributed by atoms with Gasteiger partial charge in [0, 0.05) is 11.9 Å². The number of aromatic amines is 1. The molecule has 25 heavy (non-hydrogen) atoms. The van der Waals surface area contributed by atoms with E-state index in [-0.39, 0.29) is 12.0 Å². The second kappa shape index (κ2) is 6.32. The average molecular weight is 335 g/mol. The number of H-pyrrole nitrogens is 1.